The van der Waals surface area contributed by atoms with Crippen LogP contribution in [0.25, 0.3) is 0 Å². The van der Waals surface area contributed by atoms with Crippen molar-refractivity contribution in [1.82, 2.24) is 20.0 Å². The molecule has 21 heavy (non-hydrogen) atoms. The van der Waals surface area contributed by atoms with Gasteiger partial charge in [-0.3, -0.25) is 9.48 Å². The average molecular weight is 311 g/mol. The number of aromatic nitrogens is 2. The fourth-order valence-corrected chi connectivity index (χ4v) is 4.59. The zero-order chi connectivity index (χ0) is 13.5. The normalized spacial score (nSPS) is 33.0. The third-order valence-corrected chi connectivity index (χ3v) is 5.40. The van der Waals surface area contributed by atoms with Gasteiger partial charge in [0.2, 0.25) is 5.91 Å². The second kappa shape index (κ2) is 5.97. The van der Waals surface area contributed by atoms with E-state index in [2.05, 4.69) is 15.3 Å². The van der Waals surface area contributed by atoms with Crippen LogP contribution in [0.15, 0.2) is 18.5 Å². The molecular formula is C15H23ClN4O. The Hall–Kier alpha value is -1.07. The number of carbonyl (C=O) groups is 1. The second-order valence-corrected chi connectivity index (χ2v) is 6.37. The van der Waals surface area contributed by atoms with Crippen molar-refractivity contribution in [3.8, 4) is 0 Å². The smallest absolute Gasteiger partial charge is 0.223 e. The van der Waals surface area contributed by atoms with Crippen LogP contribution in [0.5, 0.6) is 0 Å². The Kier molecular flexibility index (Phi) is 4.22. The van der Waals surface area contributed by atoms with E-state index in [-0.39, 0.29) is 12.4 Å². The summed E-state index contributed by atoms with van der Waals surface area (Å²) in [5.41, 5.74) is 0. The number of hydrogen-bond donors (Lipinski definition) is 1. The molecule has 4 rings (SSSR count). The van der Waals surface area contributed by atoms with Gasteiger partial charge in [-0.1, -0.05) is 0 Å². The number of carbonyl (C=O) groups excluding carboxylic acids is 1. The molecule has 1 N–H and O–H groups in total. The number of amides is 1. The zero-order valence-electron chi connectivity index (χ0n) is 12.1. The molecule has 116 valence electrons. The van der Waals surface area contributed by atoms with E-state index in [0.717, 1.165) is 37.9 Å². The quantitative estimate of drug-likeness (QED) is 0.912. The van der Waals surface area contributed by atoms with Gasteiger partial charge in [0, 0.05) is 50.5 Å². The molecule has 4 heterocycles. The summed E-state index contributed by atoms with van der Waals surface area (Å²) in [6.45, 7) is 3.07. The predicted molar refractivity (Wildman–Crippen MR) is 82.2 cm³/mol. The lowest BCUT2D eigenvalue weighted by molar-refractivity contribution is -0.133. The molecule has 0 unspecified atom stereocenters. The molecule has 1 aromatic heterocycles. The Bertz CT molecular complexity index is 474. The zero-order valence-corrected chi connectivity index (χ0v) is 13.0. The molecule has 5 nitrogen and oxygen atoms in total. The van der Waals surface area contributed by atoms with Gasteiger partial charge in [-0.15, -0.1) is 12.4 Å². The van der Waals surface area contributed by atoms with Crippen LogP contribution in [0.4, 0.5) is 0 Å². The minimum atomic E-state index is 0. The highest BCUT2D eigenvalue weighted by molar-refractivity contribution is 5.85. The van der Waals surface area contributed by atoms with Gasteiger partial charge in [0.25, 0.3) is 0 Å². The van der Waals surface area contributed by atoms with Crippen LogP contribution in [0.1, 0.15) is 25.7 Å². The van der Waals surface area contributed by atoms with E-state index in [1.807, 2.05) is 16.9 Å². The van der Waals surface area contributed by atoms with Crippen LogP contribution in [-0.4, -0.2) is 45.8 Å². The molecule has 0 radical (unpaired) electrons. The highest BCUT2D eigenvalue weighted by Gasteiger charge is 2.55. The fourth-order valence-electron chi connectivity index (χ4n) is 4.59. The lowest BCUT2D eigenvalue weighted by Gasteiger charge is -2.24. The molecule has 2 bridgehead atoms. The van der Waals surface area contributed by atoms with Gasteiger partial charge in [0.05, 0.1) is 0 Å². The molecule has 0 aliphatic carbocycles. The van der Waals surface area contributed by atoms with Gasteiger partial charge in [-0.25, -0.2) is 0 Å². The number of nitrogens with zero attached hydrogens (tertiary/aromatic N) is 3. The summed E-state index contributed by atoms with van der Waals surface area (Å²) in [5.74, 6) is 1.83. The highest BCUT2D eigenvalue weighted by Crippen LogP contribution is 2.47. The summed E-state index contributed by atoms with van der Waals surface area (Å²) in [6, 6.07) is 2.98. The Morgan fingerprint density at radius 2 is 1.95 bits per heavy atom. The first-order chi connectivity index (χ1) is 9.84. The van der Waals surface area contributed by atoms with Gasteiger partial charge in [0.15, 0.2) is 0 Å². The van der Waals surface area contributed by atoms with E-state index in [9.17, 15) is 4.79 Å². The number of rotatable bonds is 4. The summed E-state index contributed by atoms with van der Waals surface area (Å²) >= 11 is 0. The molecule has 1 amide bonds. The van der Waals surface area contributed by atoms with Gasteiger partial charge >= 0.3 is 0 Å². The molecule has 0 saturated carbocycles. The molecule has 1 aromatic rings. The van der Waals surface area contributed by atoms with Gasteiger partial charge in [-0.05, 0) is 37.2 Å². The maximum atomic E-state index is 12.5. The minimum Gasteiger partial charge on any atom is -0.336 e. The predicted octanol–water partition coefficient (Wildman–Crippen LogP) is 1.29. The summed E-state index contributed by atoms with van der Waals surface area (Å²) in [4.78, 5) is 14.8. The van der Waals surface area contributed by atoms with Crippen molar-refractivity contribution in [2.45, 2.75) is 44.3 Å². The molecular weight excluding hydrogens is 288 g/mol. The second-order valence-electron chi connectivity index (χ2n) is 6.37. The minimum absolute atomic E-state index is 0. The van der Waals surface area contributed by atoms with Crippen molar-refractivity contribution in [1.29, 1.82) is 0 Å². The molecule has 0 spiro atoms. The maximum Gasteiger partial charge on any atom is 0.223 e. The average Bonchev–Trinajstić information content (AvgIpc) is 3.20. The molecule has 3 aliphatic heterocycles. The largest absolute Gasteiger partial charge is 0.336 e. The molecule has 0 aromatic carbocycles. The van der Waals surface area contributed by atoms with Crippen molar-refractivity contribution < 1.29 is 4.79 Å². The van der Waals surface area contributed by atoms with Crippen LogP contribution in [0.3, 0.4) is 0 Å². The summed E-state index contributed by atoms with van der Waals surface area (Å²) in [6.07, 6.45) is 7.75. The number of hydrogen-bond acceptors (Lipinski definition) is 3. The first-order valence-electron chi connectivity index (χ1n) is 7.84. The lowest BCUT2D eigenvalue weighted by Crippen LogP contribution is -2.39. The SMILES string of the molecule is Cl.O=C(CCCn1cccn1)N1[C@@H]2CC[C@H]1[C@H]1CNC[C@H]12. The van der Waals surface area contributed by atoms with Gasteiger partial charge in [0.1, 0.15) is 0 Å². The number of aryl methyl sites for hydroxylation is 1. The molecule has 3 fully saturated rings. The van der Waals surface area contributed by atoms with Crippen LogP contribution in [-0.2, 0) is 11.3 Å². The standard InChI is InChI=1S/C15H22N4O.ClH/c20-15(3-1-7-18-8-2-6-17-18)19-13-4-5-14(19)12-10-16-9-11(12)13;/h2,6,8,11-14,16H,1,3-5,7,9-10H2;1H/t11-,12+,13-,14+;. The Balaban J connectivity index is 0.00000132. The fraction of sp³-hybridized carbons (Fsp3) is 0.733. The van der Waals surface area contributed by atoms with E-state index in [1.165, 1.54) is 12.8 Å². The van der Waals surface area contributed by atoms with Gasteiger partial charge in [-0.2, -0.15) is 5.10 Å². The van der Waals surface area contributed by atoms with Crippen LogP contribution < -0.4 is 5.32 Å². The third-order valence-electron chi connectivity index (χ3n) is 5.40. The molecule has 6 heteroatoms. The summed E-state index contributed by atoms with van der Waals surface area (Å²) < 4.78 is 1.91. The first-order valence-corrected chi connectivity index (χ1v) is 7.84. The number of nitrogens with one attached hydrogen (secondary N) is 1. The topological polar surface area (TPSA) is 50.2 Å². The highest BCUT2D eigenvalue weighted by atomic mass is 35.5. The van der Waals surface area contributed by atoms with Crippen molar-refractivity contribution in [3.05, 3.63) is 18.5 Å². The number of fused-ring (bicyclic) bond motifs is 5. The monoisotopic (exact) mass is 310 g/mol. The van der Waals surface area contributed by atoms with Crippen molar-refractivity contribution >= 4 is 18.3 Å². The van der Waals surface area contributed by atoms with Crippen LogP contribution in [0, 0.1) is 11.8 Å². The van der Waals surface area contributed by atoms with E-state index >= 15 is 0 Å². The van der Waals surface area contributed by atoms with Gasteiger partial charge < -0.3 is 10.2 Å². The third kappa shape index (κ3) is 2.46. The van der Waals surface area contributed by atoms with Crippen LogP contribution >= 0.6 is 12.4 Å². The maximum absolute atomic E-state index is 12.5. The van der Waals surface area contributed by atoms with E-state index in [0.29, 0.717) is 24.4 Å². The van der Waals surface area contributed by atoms with Crippen molar-refractivity contribution in [3.63, 3.8) is 0 Å². The van der Waals surface area contributed by atoms with E-state index in [1.54, 1.807) is 6.20 Å². The van der Waals surface area contributed by atoms with Crippen molar-refractivity contribution in [2.75, 3.05) is 13.1 Å². The number of halogens is 1. The molecule has 3 saturated heterocycles. The lowest BCUT2D eigenvalue weighted by atomic mass is 9.82. The van der Waals surface area contributed by atoms with E-state index in [4.69, 9.17) is 0 Å². The van der Waals surface area contributed by atoms with E-state index < -0.39 is 0 Å². The Morgan fingerprint density at radius 1 is 1.24 bits per heavy atom. The Labute approximate surface area is 131 Å². The summed E-state index contributed by atoms with van der Waals surface area (Å²) in [5, 5.41) is 7.68. The molecule has 4 atom stereocenters. The van der Waals surface area contributed by atoms with Crippen molar-refractivity contribution in [2.24, 2.45) is 11.8 Å². The molecule has 3 aliphatic rings. The van der Waals surface area contributed by atoms with Crippen LogP contribution in [0.2, 0.25) is 0 Å². The summed E-state index contributed by atoms with van der Waals surface area (Å²) in [7, 11) is 0. The Morgan fingerprint density at radius 3 is 2.57 bits per heavy atom. The first kappa shape index (κ1) is 14.9.